The molecule has 0 saturated heterocycles. The molecule has 266 valence electrons. The SMILES string of the molecule is CC(C)(C)OC(=O)N[C@@H](Cc1cc(F)cc(F)c1)c1nc(C#CC(C)(C)S(=O)(=O)C2CC2)ccc1-c1ccc(Cl)c2c(N)nn(CC(F)F)c12. The number of nitrogens with zero attached hydrogens (tertiary/aromatic N) is 3. The summed E-state index contributed by atoms with van der Waals surface area (Å²) in [5, 5.41) is 6.73. The van der Waals surface area contributed by atoms with Gasteiger partial charge in [0.1, 0.15) is 34.2 Å². The second kappa shape index (κ2) is 13.8. The number of anilines is 1. The van der Waals surface area contributed by atoms with Gasteiger partial charge in [0.25, 0.3) is 6.43 Å². The Morgan fingerprint density at radius 2 is 1.72 bits per heavy atom. The van der Waals surface area contributed by atoms with Crippen molar-refractivity contribution in [1.29, 1.82) is 0 Å². The van der Waals surface area contributed by atoms with Crippen molar-refractivity contribution >= 4 is 44.3 Å². The maximum absolute atomic E-state index is 14.4. The Bertz CT molecular complexity index is 2110. The van der Waals surface area contributed by atoms with Crippen LogP contribution >= 0.6 is 11.6 Å². The zero-order valence-corrected chi connectivity index (χ0v) is 29.5. The summed E-state index contributed by atoms with van der Waals surface area (Å²) in [5.41, 5.74) is 6.30. The molecule has 2 aromatic carbocycles. The third-order valence-electron chi connectivity index (χ3n) is 7.94. The van der Waals surface area contributed by atoms with Crippen molar-refractivity contribution in [3.05, 3.63) is 76.1 Å². The number of rotatable bonds is 9. The summed E-state index contributed by atoms with van der Waals surface area (Å²) < 4.78 is 87.5. The maximum atomic E-state index is 14.4. The summed E-state index contributed by atoms with van der Waals surface area (Å²) in [4.78, 5) is 18.0. The van der Waals surface area contributed by atoms with E-state index in [0.29, 0.717) is 24.5 Å². The van der Waals surface area contributed by atoms with E-state index in [9.17, 15) is 30.8 Å². The number of alkyl carbamates (subject to hydrolysis) is 1. The van der Waals surface area contributed by atoms with Crippen molar-refractivity contribution in [2.75, 3.05) is 5.73 Å². The molecule has 2 heterocycles. The third-order valence-corrected chi connectivity index (χ3v) is 11.1. The molecule has 0 bridgehead atoms. The number of hydrogen-bond acceptors (Lipinski definition) is 7. The first-order valence-electron chi connectivity index (χ1n) is 15.7. The highest BCUT2D eigenvalue weighted by Crippen LogP contribution is 2.40. The van der Waals surface area contributed by atoms with E-state index in [1.165, 1.54) is 26.0 Å². The van der Waals surface area contributed by atoms with Crippen LogP contribution in [0.3, 0.4) is 0 Å². The van der Waals surface area contributed by atoms with E-state index in [1.54, 1.807) is 32.9 Å². The fraction of sp³-hybridized carbons (Fsp3) is 0.400. The Balaban J connectivity index is 1.75. The number of hydrogen-bond donors (Lipinski definition) is 2. The lowest BCUT2D eigenvalue weighted by molar-refractivity contribution is 0.0502. The smallest absolute Gasteiger partial charge is 0.408 e. The number of nitrogens with one attached hydrogen (secondary N) is 1. The number of nitrogen functional groups attached to an aromatic ring is 1. The average Bonchev–Trinajstić information content (AvgIpc) is 3.79. The largest absolute Gasteiger partial charge is 0.444 e. The van der Waals surface area contributed by atoms with E-state index >= 15 is 0 Å². The molecule has 1 atom stereocenters. The third kappa shape index (κ3) is 8.16. The van der Waals surface area contributed by atoms with Crippen molar-refractivity contribution in [2.45, 2.75) is 88.5 Å². The minimum atomic E-state index is -3.58. The number of aromatic nitrogens is 3. The zero-order chi connectivity index (χ0) is 36.8. The van der Waals surface area contributed by atoms with Crippen LogP contribution in [-0.2, 0) is 27.5 Å². The molecule has 0 radical (unpaired) electrons. The Morgan fingerprint density at radius 3 is 2.32 bits per heavy atom. The lowest BCUT2D eigenvalue weighted by atomic mass is 9.93. The fourth-order valence-corrected chi connectivity index (χ4v) is 7.57. The summed E-state index contributed by atoms with van der Waals surface area (Å²) >= 11 is 6.47. The molecule has 1 aliphatic rings. The predicted octanol–water partition coefficient (Wildman–Crippen LogP) is 7.39. The van der Waals surface area contributed by atoms with Crippen molar-refractivity contribution in [3.63, 3.8) is 0 Å². The van der Waals surface area contributed by atoms with Crippen LogP contribution in [0.2, 0.25) is 5.02 Å². The van der Waals surface area contributed by atoms with Crippen LogP contribution in [0.5, 0.6) is 0 Å². The van der Waals surface area contributed by atoms with Crippen molar-refractivity contribution in [1.82, 2.24) is 20.1 Å². The number of alkyl halides is 2. The average molecular weight is 734 g/mol. The lowest BCUT2D eigenvalue weighted by Crippen LogP contribution is -2.36. The normalized spacial score (nSPS) is 14.4. The number of halogens is 5. The van der Waals surface area contributed by atoms with E-state index in [-0.39, 0.29) is 50.7 Å². The van der Waals surface area contributed by atoms with Crippen LogP contribution in [0, 0.1) is 23.5 Å². The van der Waals surface area contributed by atoms with Gasteiger partial charge in [-0.3, -0.25) is 4.68 Å². The number of benzene rings is 2. The van der Waals surface area contributed by atoms with Gasteiger partial charge in [0.15, 0.2) is 15.7 Å². The summed E-state index contributed by atoms with van der Waals surface area (Å²) in [7, 11) is -3.58. The number of pyridine rings is 1. The summed E-state index contributed by atoms with van der Waals surface area (Å²) in [5.74, 6) is 3.87. The second-order valence-corrected chi connectivity index (χ2v) is 16.8. The molecule has 1 amide bonds. The second-order valence-electron chi connectivity index (χ2n) is 13.6. The van der Waals surface area contributed by atoms with Gasteiger partial charge in [0.2, 0.25) is 0 Å². The minimum absolute atomic E-state index is 0.0951. The van der Waals surface area contributed by atoms with E-state index in [0.717, 1.165) is 16.8 Å². The molecule has 15 heteroatoms. The first kappa shape index (κ1) is 36.9. The van der Waals surface area contributed by atoms with Gasteiger partial charge in [-0.05, 0) is 95.7 Å². The standard InChI is InChI=1S/C35H36ClF4N5O4S/c1-34(2,3)49-33(46)43-27(16-19-14-20(37)17-21(38)15-19)30-24(9-6-22(42-30)12-13-35(4,5)50(47,48)23-7-8-23)25-10-11-26(36)29-31(25)45(18-28(39)40)44-32(29)41/h6,9-11,14-15,17,23,27-28H,7-8,16,18H2,1-5H3,(H2,41,44)(H,43,46)/t27-/m0/s1. The van der Waals surface area contributed by atoms with Gasteiger partial charge in [-0.15, -0.1) is 0 Å². The Labute approximate surface area is 292 Å². The molecular weight excluding hydrogens is 698 g/mol. The number of nitrogens with two attached hydrogens (primary N) is 1. The van der Waals surface area contributed by atoms with Crippen LogP contribution in [0.1, 0.15) is 70.5 Å². The molecule has 50 heavy (non-hydrogen) atoms. The van der Waals surface area contributed by atoms with Crippen LogP contribution in [-0.4, -0.2) is 51.3 Å². The van der Waals surface area contributed by atoms with Gasteiger partial charge in [0.05, 0.1) is 32.9 Å². The molecule has 3 N–H and O–H groups in total. The molecule has 1 aliphatic carbocycles. The minimum Gasteiger partial charge on any atom is -0.444 e. The highest BCUT2D eigenvalue weighted by atomic mass is 35.5. The molecule has 1 saturated carbocycles. The van der Waals surface area contributed by atoms with Crippen molar-refractivity contribution in [3.8, 4) is 23.0 Å². The summed E-state index contributed by atoms with van der Waals surface area (Å²) in [6.07, 6.45) is -2.77. The van der Waals surface area contributed by atoms with Crippen molar-refractivity contribution < 1.29 is 35.5 Å². The Morgan fingerprint density at radius 1 is 1.08 bits per heavy atom. The number of carbonyl (C=O) groups excluding carboxylic acids is 1. The molecule has 9 nitrogen and oxygen atoms in total. The first-order valence-corrected chi connectivity index (χ1v) is 17.6. The molecule has 1 fully saturated rings. The highest BCUT2D eigenvalue weighted by molar-refractivity contribution is 7.93. The van der Waals surface area contributed by atoms with Gasteiger partial charge >= 0.3 is 6.09 Å². The number of ether oxygens (including phenoxy) is 1. The Kier molecular flexibility index (Phi) is 10.2. The molecule has 4 aromatic rings. The van der Waals surface area contributed by atoms with Gasteiger partial charge in [0, 0.05) is 17.2 Å². The molecule has 2 aromatic heterocycles. The van der Waals surface area contributed by atoms with E-state index in [1.807, 2.05) is 0 Å². The maximum Gasteiger partial charge on any atom is 0.408 e. The summed E-state index contributed by atoms with van der Waals surface area (Å²) in [6.45, 7) is 7.15. The van der Waals surface area contributed by atoms with Gasteiger partial charge in [-0.25, -0.2) is 35.8 Å². The van der Waals surface area contributed by atoms with Crippen molar-refractivity contribution in [2.24, 2.45) is 0 Å². The molecular formula is C35H36ClF4N5O4S. The van der Waals surface area contributed by atoms with Gasteiger partial charge in [-0.2, -0.15) is 5.10 Å². The number of sulfone groups is 1. The predicted molar refractivity (Wildman–Crippen MR) is 183 cm³/mol. The van der Waals surface area contributed by atoms with E-state index < -0.39 is 62.2 Å². The molecule has 5 rings (SSSR count). The Hall–Kier alpha value is -4.35. The van der Waals surface area contributed by atoms with Gasteiger partial charge < -0.3 is 15.8 Å². The monoisotopic (exact) mass is 733 g/mol. The van der Waals surface area contributed by atoms with Crippen LogP contribution in [0.25, 0.3) is 22.0 Å². The number of amides is 1. The van der Waals surface area contributed by atoms with Crippen LogP contribution < -0.4 is 11.1 Å². The summed E-state index contributed by atoms with van der Waals surface area (Å²) in [6, 6.07) is 7.89. The zero-order valence-electron chi connectivity index (χ0n) is 28.0. The van der Waals surface area contributed by atoms with E-state index in [2.05, 4.69) is 22.3 Å². The molecule has 0 aliphatic heterocycles. The first-order chi connectivity index (χ1) is 23.3. The quantitative estimate of drug-likeness (QED) is 0.136. The lowest BCUT2D eigenvalue weighted by Gasteiger charge is -2.25. The fourth-order valence-electron chi connectivity index (χ4n) is 5.54. The number of fused-ring (bicyclic) bond motifs is 1. The highest BCUT2D eigenvalue weighted by Gasteiger charge is 2.45. The topological polar surface area (TPSA) is 129 Å². The number of carbonyl (C=O) groups is 1. The molecule has 0 unspecified atom stereocenters. The van der Waals surface area contributed by atoms with Crippen LogP contribution in [0.4, 0.5) is 28.2 Å². The van der Waals surface area contributed by atoms with Crippen LogP contribution in [0.15, 0.2) is 42.5 Å². The van der Waals surface area contributed by atoms with Gasteiger partial charge in [-0.1, -0.05) is 23.6 Å². The van der Waals surface area contributed by atoms with E-state index in [4.69, 9.17) is 27.1 Å². The molecule has 0 spiro atoms.